The van der Waals surface area contributed by atoms with E-state index in [4.69, 9.17) is 10.2 Å². The molecule has 0 atom stereocenters. The van der Waals surface area contributed by atoms with Crippen LogP contribution in [0.4, 0.5) is 0 Å². The van der Waals surface area contributed by atoms with Gasteiger partial charge in [0, 0.05) is 12.5 Å². The predicted molar refractivity (Wildman–Crippen MR) is 89.2 cm³/mol. The first-order chi connectivity index (χ1) is 11.7. The Morgan fingerprint density at radius 2 is 2.21 bits per heavy atom. The number of furan rings is 1. The van der Waals surface area contributed by atoms with Crippen molar-refractivity contribution in [2.75, 3.05) is 13.1 Å². The molecule has 2 aromatic heterocycles. The summed E-state index contributed by atoms with van der Waals surface area (Å²) in [5.41, 5.74) is 5.28. The van der Waals surface area contributed by atoms with Crippen LogP contribution in [-0.2, 0) is 24.3 Å². The van der Waals surface area contributed by atoms with E-state index < -0.39 is 0 Å². The van der Waals surface area contributed by atoms with Gasteiger partial charge in [0.1, 0.15) is 11.6 Å². The highest BCUT2D eigenvalue weighted by atomic mass is 16.3. The lowest BCUT2D eigenvalue weighted by Gasteiger charge is -2.30. The molecule has 0 spiro atoms. The predicted octanol–water partition coefficient (Wildman–Crippen LogP) is 1.69. The van der Waals surface area contributed by atoms with Gasteiger partial charge in [-0.05, 0) is 44.5 Å². The summed E-state index contributed by atoms with van der Waals surface area (Å²) in [4.78, 5) is 18.1. The first-order valence-electron chi connectivity index (χ1n) is 8.62. The normalized spacial score (nSPS) is 16.5. The number of nitrogens with zero attached hydrogens (tertiary/aromatic N) is 4. The minimum atomic E-state index is -0.386. The van der Waals surface area contributed by atoms with Crippen molar-refractivity contribution in [3.05, 3.63) is 35.8 Å². The van der Waals surface area contributed by atoms with Gasteiger partial charge < -0.3 is 10.2 Å². The fourth-order valence-corrected chi connectivity index (χ4v) is 3.28. The van der Waals surface area contributed by atoms with Crippen LogP contribution in [0.15, 0.2) is 22.8 Å². The molecule has 0 unspecified atom stereocenters. The van der Waals surface area contributed by atoms with Crippen molar-refractivity contribution in [1.82, 2.24) is 19.7 Å². The summed E-state index contributed by atoms with van der Waals surface area (Å²) in [6.07, 6.45) is 4.90. The number of nitrogens with two attached hydrogens (primary N) is 1. The third-order valence-electron chi connectivity index (χ3n) is 4.42. The summed E-state index contributed by atoms with van der Waals surface area (Å²) < 4.78 is 7.39. The van der Waals surface area contributed by atoms with Gasteiger partial charge in [-0.2, -0.15) is 5.10 Å². The molecule has 1 amide bonds. The number of piperidine rings is 1. The topological polar surface area (TPSA) is 90.2 Å². The Hall–Kier alpha value is -2.15. The van der Waals surface area contributed by atoms with Gasteiger partial charge in [-0.3, -0.25) is 9.69 Å². The SMILES string of the molecule is CCCn1nc(CC(N)=O)nc1C1CCN(Cc2ccco2)CC1. The minimum Gasteiger partial charge on any atom is -0.468 e. The fourth-order valence-electron chi connectivity index (χ4n) is 3.28. The van der Waals surface area contributed by atoms with Gasteiger partial charge in [0.25, 0.3) is 0 Å². The van der Waals surface area contributed by atoms with Crippen LogP contribution in [0.25, 0.3) is 0 Å². The first-order valence-corrected chi connectivity index (χ1v) is 8.62. The van der Waals surface area contributed by atoms with Crippen molar-refractivity contribution in [2.24, 2.45) is 5.73 Å². The van der Waals surface area contributed by atoms with E-state index in [0.29, 0.717) is 11.7 Å². The van der Waals surface area contributed by atoms with E-state index in [0.717, 1.165) is 57.0 Å². The highest BCUT2D eigenvalue weighted by Gasteiger charge is 2.26. The van der Waals surface area contributed by atoms with Crippen molar-refractivity contribution < 1.29 is 9.21 Å². The van der Waals surface area contributed by atoms with Gasteiger partial charge >= 0.3 is 0 Å². The molecule has 1 fully saturated rings. The van der Waals surface area contributed by atoms with Crippen molar-refractivity contribution in [2.45, 2.75) is 51.6 Å². The Morgan fingerprint density at radius 3 is 2.83 bits per heavy atom. The monoisotopic (exact) mass is 331 g/mol. The third kappa shape index (κ3) is 4.03. The number of amides is 1. The molecule has 7 heteroatoms. The lowest BCUT2D eigenvalue weighted by Crippen LogP contribution is -2.33. The second-order valence-corrected chi connectivity index (χ2v) is 6.38. The highest BCUT2D eigenvalue weighted by Crippen LogP contribution is 2.28. The van der Waals surface area contributed by atoms with Crippen LogP contribution < -0.4 is 5.73 Å². The summed E-state index contributed by atoms with van der Waals surface area (Å²) in [7, 11) is 0. The minimum absolute atomic E-state index is 0.112. The van der Waals surface area contributed by atoms with Crippen LogP contribution in [0.1, 0.15) is 49.5 Å². The Morgan fingerprint density at radius 1 is 1.42 bits per heavy atom. The zero-order chi connectivity index (χ0) is 16.9. The van der Waals surface area contributed by atoms with E-state index in [1.807, 2.05) is 16.8 Å². The van der Waals surface area contributed by atoms with E-state index in [1.54, 1.807) is 6.26 Å². The van der Waals surface area contributed by atoms with E-state index in [9.17, 15) is 4.79 Å². The maximum atomic E-state index is 11.1. The number of rotatable bonds is 7. The number of carbonyl (C=O) groups is 1. The molecule has 1 saturated heterocycles. The van der Waals surface area contributed by atoms with Gasteiger partial charge in [0.15, 0.2) is 5.82 Å². The molecule has 1 aliphatic heterocycles. The van der Waals surface area contributed by atoms with Crippen LogP contribution in [0.2, 0.25) is 0 Å². The molecule has 0 aliphatic carbocycles. The molecule has 3 rings (SSSR count). The molecular formula is C17H25N5O2. The fraction of sp³-hybridized carbons (Fsp3) is 0.588. The number of hydrogen-bond acceptors (Lipinski definition) is 5. The molecule has 2 aromatic rings. The van der Waals surface area contributed by atoms with Gasteiger partial charge in [-0.1, -0.05) is 6.92 Å². The van der Waals surface area contributed by atoms with E-state index in [2.05, 4.69) is 21.9 Å². The molecule has 0 radical (unpaired) electrons. The summed E-state index contributed by atoms with van der Waals surface area (Å²) in [6.45, 7) is 5.82. The quantitative estimate of drug-likeness (QED) is 0.834. The first kappa shape index (κ1) is 16.7. The molecule has 130 valence electrons. The molecular weight excluding hydrogens is 306 g/mol. The molecule has 0 aromatic carbocycles. The lowest BCUT2D eigenvalue weighted by molar-refractivity contribution is -0.117. The summed E-state index contributed by atoms with van der Waals surface area (Å²) in [5.74, 6) is 2.56. The van der Waals surface area contributed by atoms with Gasteiger partial charge in [-0.25, -0.2) is 9.67 Å². The zero-order valence-corrected chi connectivity index (χ0v) is 14.1. The molecule has 1 aliphatic rings. The number of primary amides is 1. The average molecular weight is 331 g/mol. The maximum absolute atomic E-state index is 11.1. The van der Waals surface area contributed by atoms with Gasteiger partial charge in [-0.15, -0.1) is 0 Å². The van der Waals surface area contributed by atoms with Crippen molar-refractivity contribution in [3.63, 3.8) is 0 Å². The van der Waals surface area contributed by atoms with E-state index >= 15 is 0 Å². The summed E-state index contributed by atoms with van der Waals surface area (Å²) in [5, 5.41) is 4.47. The van der Waals surface area contributed by atoms with Crippen LogP contribution in [0, 0.1) is 0 Å². The number of aryl methyl sites for hydroxylation is 1. The Kier molecular flexibility index (Phi) is 5.30. The van der Waals surface area contributed by atoms with Crippen LogP contribution in [0.5, 0.6) is 0 Å². The largest absolute Gasteiger partial charge is 0.468 e. The smallest absolute Gasteiger partial charge is 0.225 e. The second kappa shape index (κ2) is 7.61. The average Bonchev–Trinajstić information content (AvgIpc) is 3.18. The Balaban J connectivity index is 1.64. The Bertz CT molecular complexity index is 657. The van der Waals surface area contributed by atoms with E-state index in [1.165, 1.54) is 0 Å². The number of likely N-dealkylation sites (tertiary alicyclic amines) is 1. The zero-order valence-electron chi connectivity index (χ0n) is 14.1. The Labute approximate surface area is 141 Å². The number of carbonyl (C=O) groups excluding carboxylic acids is 1. The van der Waals surface area contributed by atoms with Crippen molar-refractivity contribution >= 4 is 5.91 Å². The highest BCUT2D eigenvalue weighted by molar-refractivity contribution is 5.75. The van der Waals surface area contributed by atoms with Gasteiger partial charge in [0.05, 0.1) is 19.2 Å². The standard InChI is InChI=1S/C17H25N5O2/c1-2-7-22-17(19-16(20-22)11-15(18)23)13-5-8-21(9-6-13)12-14-4-3-10-24-14/h3-4,10,13H,2,5-9,11-12H2,1H3,(H2,18,23). The third-order valence-corrected chi connectivity index (χ3v) is 4.42. The molecule has 2 N–H and O–H groups in total. The second-order valence-electron chi connectivity index (χ2n) is 6.38. The molecule has 0 saturated carbocycles. The number of hydrogen-bond donors (Lipinski definition) is 1. The lowest BCUT2D eigenvalue weighted by atomic mass is 9.96. The molecule has 24 heavy (non-hydrogen) atoms. The van der Waals surface area contributed by atoms with Gasteiger partial charge in [0.2, 0.25) is 5.91 Å². The summed E-state index contributed by atoms with van der Waals surface area (Å²) in [6, 6.07) is 3.94. The van der Waals surface area contributed by atoms with E-state index in [-0.39, 0.29) is 12.3 Å². The van der Waals surface area contributed by atoms with Crippen LogP contribution in [-0.4, -0.2) is 38.7 Å². The van der Waals surface area contributed by atoms with Crippen molar-refractivity contribution in [3.8, 4) is 0 Å². The molecule has 3 heterocycles. The number of aromatic nitrogens is 3. The van der Waals surface area contributed by atoms with Crippen LogP contribution in [0.3, 0.4) is 0 Å². The molecule has 7 nitrogen and oxygen atoms in total. The van der Waals surface area contributed by atoms with Crippen molar-refractivity contribution in [1.29, 1.82) is 0 Å². The maximum Gasteiger partial charge on any atom is 0.225 e. The molecule has 0 bridgehead atoms. The van der Waals surface area contributed by atoms with Crippen LogP contribution >= 0.6 is 0 Å². The summed E-state index contributed by atoms with van der Waals surface area (Å²) >= 11 is 0.